The summed E-state index contributed by atoms with van der Waals surface area (Å²) in [5, 5.41) is 5.01. The van der Waals surface area contributed by atoms with Crippen molar-refractivity contribution >= 4 is 55.7 Å². The molecule has 0 amide bonds. The van der Waals surface area contributed by atoms with E-state index >= 15 is 0 Å². The minimum absolute atomic E-state index is 1.15. The van der Waals surface area contributed by atoms with Crippen LogP contribution in [-0.4, -0.2) is 0 Å². The maximum Gasteiger partial charge on any atom is 0.0468 e. The zero-order valence-corrected chi connectivity index (χ0v) is 28.9. The van der Waals surface area contributed by atoms with E-state index in [1.807, 2.05) is 0 Å². The van der Waals surface area contributed by atoms with Gasteiger partial charge in [0.2, 0.25) is 0 Å². The summed E-state index contributed by atoms with van der Waals surface area (Å²) >= 11 is 0. The summed E-state index contributed by atoms with van der Waals surface area (Å²) in [4.78, 5) is 4.72. The number of para-hydroxylation sites is 2. The largest absolute Gasteiger partial charge is 0.310 e. The van der Waals surface area contributed by atoms with E-state index < -0.39 is 0 Å². The Hall–Kier alpha value is -6.12. The second-order valence-corrected chi connectivity index (χ2v) is 13.7. The predicted octanol–water partition coefficient (Wildman–Crippen LogP) is 13.8. The first-order chi connectivity index (χ1) is 24.4. The van der Waals surface area contributed by atoms with Gasteiger partial charge in [0.05, 0.1) is 0 Å². The van der Waals surface area contributed by atoms with Crippen LogP contribution in [0, 0.1) is 27.7 Å². The van der Waals surface area contributed by atoms with Crippen LogP contribution >= 0.6 is 0 Å². The van der Waals surface area contributed by atoms with Gasteiger partial charge in [-0.2, -0.15) is 0 Å². The van der Waals surface area contributed by atoms with E-state index in [0.29, 0.717) is 0 Å². The van der Waals surface area contributed by atoms with Crippen molar-refractivity contribution in [3.63, 3.8) is 0 Å². The highest BCUT2D eigenvalue weighted by molar-refractivity contribution is 6.12. The summed E-state index contributed by atoms with van der Waals surface area (Å²) in [7, 11) is 0. The van der Waals surface area contributed by atoms with Gasteiger partial charge in [-0.1, -0.05) is 60.7 Å². The molecule has 0 aromatic heterocycles. The highest BCUT2D eigenvalue weighted by atomic mass is 15.1. The molecule has 0 saturated carbocycles. The van der Waals surface area contributed by atoms with Crippen molar-refractivity contribution in [3.8, 4) is 22.3 Å². The highest BCUT2D eigenvalue weighted by Gasteiger charge is 2.25. The Balaban J connectivity index is 1.11. The first-order valence-corrected chi connectivity index (χ1v) is 17.4. The molecule has 0 saturated heterocycles. The lowest BCUT2D eigenvalue weighted by molar-refractivity contribution is 1.25. The fourth-order valence-corrected chi connectivity index (χ4v) is 7.46. The van der Waals surface area contributed by atoms with Crippen LogP contribution < -0.4 is 9.80 Å². The number of fused-ring (bicyclic) bond motifs is 6. The van der Waals surface area contributed by atoms with E-state index in [0.717, 1.165) is 22.7 Å². The number of anilines is 6. The van der Waals surface area contributed by atoms with E-state index in [9.17, 15) is 0 Å². The molecule has 9 rings (SSSR count). The molecule has 0 heterocycles. The zero-order valence-electron chi connectivity index (χ0n) is 28.9. The van der Waals surface area contributed by atoms with Gasteiger partial charge in [0.25, 0.3) is 0 Å². The monoisotopic (exact) mass is 642 g/mol. The zero-order chi connectivity index (χ0) is 33.9. The molecule has 2 heteroatoms. The molecule has 240 valence electrons. The summed E-state index contributed by atoms with van der Waals surface area (Å²) in [5.74, 6) is 0. The van der Waals surface area contributed by atoms with Gasteiger partial charge >= 0.3 is 0 Å². The summed E-state index contributed by atoms with van der Waals surface area (Å²) < 4.78 is 0. The van der Waals surface area contributed by atoms with Crippen LogP contribution in [0.2, 0.25) is 0 Å². The van der Waals surface area contributed by atoms with Crippen molar-refractivity contribution < 1.29 is 0 Å². The first kappa shape index (κ1) is 30.0. The fraction of sp³-hybridized carbons (Fsp3) is 0.0833. The van der Waals surface area contributed by atoms with Crippen LogP contribution in [-0.2, 0) is 0 Å². The van der Waals surface area contributed by atoms with Gasteiger partial charge in [0, 0.05) is 34.1 Å². The van der Waals surface area contributed by atoms with Gasteiger partial charge < -0.3 is 9.80 Å². The fourth-order valence-electron chi connectivity index (χ4n) is 7.46. The SMILES string of the molecule is Cc1ccc(N(c2ccccc2)c2ccc3cc4c(cc3c2)-c2cc3ccc(N(c5ccccc5)c5ccc(C)c(C)c5)cc3cc2-4)cc1C. The molecule has 8 aromatic rings. The average molecular weight is 643 g/mol. The van der Waals surface area contributed by atoms with Gasteiger partial charge in [0.1, 0.15) is 0 Å². The first-order valence-electron chi connectivity index (χ1n) is 17.4. The number of nitrogens with zero attached hydrogens (tertiary/aromatic N) is 2. The molecule has 0 N–H and O–H groups in total. The molecular formula is C48H38N2. The van der Waals surface area contributed by atoms with Crippen LogP contribution in [0.3, 0.4) is 0 Å². The number of aryl methyl sites for hydroxylation is 4. The van der Waals surface area contributed by atoms with Gasteiger partial charge in [-0.3, -0.25) is 0 Å². The van der Waals surface area contributed by atoms with E-state index in [2.05, 4.69) is 195 Å². The quantitative estimate of drug-likeness (QED) is 0.178. The Morgan fingerprint density at radius 1 is 0.260 bits per heavy atom. The average Bonchev–Trinajstić information content (AvgIpc) is 3.14. The second-order valence-electron chi connectivity index (χ2n) is 13.7. The Morgan fingerprint density at radius 3 is 0.980 bits per heavy atom. The smallest absolute Gasteiger partial charge is 0.0468 e. The van der Waals surface area contributed by atoms with Crippen molar-refractivity contribution in [1.82, 2.24) is 0 Å². The molecule has 1 aliphatic carbocycles. The normalized spacial score (nSPS) is 11.6. The Labute approximate surface area is 294 Å². The maximum absolute atomic E-state index is 2.39. The summed E-state index contributed by atoms with van der Waals surface area (Å²) in [6.45, 7) is 8.72. The lowest BCUT2D eigenvalue weighted by Crippen LogP contribution is -2.10. The molecule has 0 unspecified atom stereocenters. The number of hydrogen-bond donors (Lipinski definition) is 0. The van der Waals surface area contributed by atoms with E-state index in [4.69, 9.17) is 0 Å². The molecule has 1 aliphatic rings. The van der Waals surface area contributed by atoms with Gasteiger partial charge in [0.15, 0.2) is 0 Å². The third-order valence-electron chi connectivity index (χ3n) is 10.5. The highest BCUT2D eigenvalue weighted by Crippen LogP contribution is 2.51. The molecule has 2 nitrogen and oxygen atoms in total. The molecule has 0 atom stereocenters. The van der Waals surface area contributed by atoms with Crippen LogP contribution in [0.4, 0.5) is 34.1 Å². The number of hydrogen-bond acceptors (Lipinski definition) is 2. The van der Waals surface area contributed by atoms with Crippen molar-refractivity contribution in [2.24, 2.45) is 0 Å². The Morgan fingerprint density at radius 2 is 0.600 bits per heavy atom. The Kier molecular flexibility index (Phi) is 7.07. The van der Waals surface area contributed by atoms with Gasteiger partial charge in [-0.05, 0) is 191 Å². The lowest BCUT2D eigenvalue weighted by Gasteiger charge is -2.29. The molecule has 0 radical (unpaired) electrons. The van der Waals surface area contributed by atoms with E-state index in [1.165, 1.54) is 77.4 Å². The molecule has 50 heavy (non-hydrogen) atoms. The molecule has 0 fully saturated rings. The van der Waals surface area contributed by atoms with Crippen LogP contribution in [0.15, 0.2) is 158 Å². The molecular weight excluding hydrogens is 605 g/mol. The molecule has 0 spiro atoms. The van der Waals surface area contributed by atoms with Crippen molar-refractivity contribution in [1.29, 1.82) is 0 Å². The van der Waals surface area contributed by atoms with Crippen molar-refractivity contribution in [2.45, 2.75) is 27.7 Å². The minimum Gasteiger partial charge on any atom is -0.310 e. The summed E-state index contributed by atoms with van der Waals surface area (Å²) in [6.07, 6.45) is 0. The van der Waals surface area contributed by atoms with E-state index in [-0.39, 0.29) is 0 Å². The Bertz CT molecular complexity index is 2390. The standard InChI is InChI=1S/C48H38N2/c1-31-15-19-41(23-33(31)3)49(39-11-7-5-8-12-39)43-21-17-35-27-45-47(29-37(35)25-43)46-28-36-18-22-44(26-38(36)30-48(45)46)50(40-13-9-6-10-14-40)42-20-16-32(2)34(4)24-42/h5-30H,1-4H3. The van der Waals surface area contributed by atoms with Crippen LogP contribution in [0.5, 0.6) is 0 Å². The van der Waals surface area contributed by atoms with Crippen LogP contribution in [0.1, 0.15) is 22.3 Å². The van der Waals surface area contributed by atoms with Crippen molar-refractivity contribution in [3.05, 3.63) is 180 Å². The predicted molar refractivity (Wildman–Crippen MR) is 214 cm³/mol. The topological polar surface area (TPSA) is 6.48 Å². The van der Waals surface area contributed by atoms with E-state index in [1.54, 1.807) is 0 Å². The number of rotatable bonds is 6. The van der Waals surface area contributed by atoms with Crippen molar-refractivity contribution in [2.75, 3.05) is 9.80 Å². The molecule has 8 aromatic carbocycles. The third-order valence-corrected chi connectivity index (χ3v) is 10.5. The summed E-state index contributed by atoms with van der Waals surface area (Å²) in [6, 6.07) is 58.1. The van der Waals surface area contributed by atoms with Crippen LogP contribution in [0.25, 0.3) is 43.8 Å². The second kappa shape index (κ2) is 11.8. The van der Waals surface area contributed by atoms with Gasteiger partial charge in [-0.25, -0.2) is 0 Å². The van der Waals surface area contributed by atoms with Gasteiger partial charge in [-0.15, -0.1) is 0 Å². The lowest BCUT2D eigenvalue weighted by atomic mass is 9.78. The molecule has 0 aliphatic heterocycles. The molecule has 0 bridgehead atoms. The minimum atomic E-state index is 1.15. The third kappa shape index (κ3) is 5.04. The maximum atomic E-state index is 2.39. The number of benzene rings is 8. The summed E-state index contributed by atoms with van der Waals surface area (Å²) in [5.41, 5.74) is 17.5.